The van der Waals surface area contributed by atoms with Gasteiger partial charge in [0.2, 0.25) is 5.91 Å². The topological polar surface area (TPSA) is 102 Å². The molecule has 0 fully saturated rings. The van der Waals surface area contributed by atoms with E-state index in [-0.39, 0.29) is 23.2 Å². The number of hydrogen-bond donors (Lipinski definition) is 1. The van der Waals surface area contributed by atoms with Crippen LogP contribution in [0.5, 0.6) is 0 Å². The van der Waals surface area contributed by atoms with Crippen molar-refractivity contribution in [2.75, 3.05) is 11.1 Å². The van der Waals surface area contributed by atoms with E-state index in [1.165, 1.54) is 11.3 Å². The second-order valence-electron chi connectivity index (χ2n) is 5.00. The van der Waals surface area contributed by atoms with Crippen LogP contribution in [0.3, 0.4) is 0 Å². The van der Waals surface area contributed by atoms with Crippen LogP contribution in [-0.4, -0.2) is 30.3 Å². The van der Waals surface area contributed by atoms with E-state index in [9.17, 15) is 17.6 Å². The number of sulfone groups is 1. The Morgan fingerprint density at radius 1 is 1.20 bits per heavy atom. The van der Waals surface area contributed by atoms with Gasteiger partial charge in [0.1, 0.15) is 5.82 Å². The number of anilines is 1. The minimum absolute atomic E-state index is 0.0424. The van der Waals surface area contributed by atoms with Gasteiger partial charge < -0.3 is 4.42 Å². The van der Waals surface area contributed by atoms with Crippen molar-refractivity contribution in [3.63, 3.8) is 0 Å². The molecule has 0 aliphatic rings. The third-order valence-corrected chi connectivity index (χ3v) is 5.63. The Kier molecular flexibility index (Phi) is 4.91. The molecule has 0 bridgehead atoms. The van der Waals surface area contributed by atoms with Crippen LogP contribution in [0.2, 0.25) is 0 Å². The Hall–Kier alpha value is -2.59. The molecule has 7 nitrogen and oxygen atoms in total. The Labute approximate surface area is 146 Å². The smallest absolute Gasteiger partial charge is 0.322 e. The largest absolute Gasteiger partial charge is 0.403 e. The predicted molar refractivity (Wildman–Crippen MR) is 89.3 cm³/mol. The Bertz CT molecular complexity index is 967. The van der Waals surface area contributed by atoms with E-state index in [1.807, 2.05) is 10.8 Å². The lowest BCUT2D eigenvalue weighted by atomic mass is 10.3. The highest BCUT2D eigenvalue weighted by molar-refractivity contribution is 7.91. The molecular formula is C15H12FN3O4S2. The SMILES string of the molecule is O=C(CCS(=O)(=O)c1ccc(F)cc1)Nc1nnc(-c2ccsc2)o1. The van der Waals surface area contributed by atoms with Crippen molar-refractivity contribution in [3.8, 4) is 11.5 Å². The van der Waals surface area contributed by atoms with Gasteiger partial charge in [-0.3, -0.25) is 10.1 Å². The average molecular weight is 381 g/mol. The minimum Gasteiger partial charge on any atom is -0.403 e. The fraction of sp³-hybridized carbons (Fsp3) is 0.133. The molecule has 2 aromatic heterocycles. The highest BCUT2D eigenvalue weighted by Crippen LogP contribution is 2.22. The van der Waals surface area contributed by atoms with Crippen molar-refractivity contribution in [2.45, 2.75) is 11.3 Å². The molecule has 1 amide bonds. The van der Waals surface area contributed by atoms with E-state index in [2.05, 4.69) is 15.5 Å². The van der Waals surface area contributed by atoms with E-state index >= 15 is 0 Å². The summed E-state index contributed by atoms with van der Waals surface area (Å²) >= 11 is 1.46. The summed E-state index contributed by atoms with van der Waals surface area (Å²) in [4.78, 5) is 11.8. The zero-order valence-electron chi connectivity index (χ0n) is 12.7. The maximum absolute atomic E-state index is 12.9. The second kappa shape index (κ2) is 7.11. The van der Waals surface area contributed by atoms with Crippen LogP contribution in [0.15, 0.2) is 50.4 Å². The van der Waals surface area contributed by atoms with Gasteiger partial charge in [0.15, 0.2) is 9.84 Å². The van der Waals surface area contributed by atoms with Gasteiger partial charge in [-0.15, -0.1) is 5.10 Å². The molecule has 3 rings (SSSR count). The van der Waals surface area contributed by atoms with Crippen molar-refractivity contribution in [1.82, 2.24) is 10.2 Å². The maximum Gasteiger partial charge on any atom is 0.322 e. The first kappa shape index (κ1) is 17.2. The standard InChI is InChI=1S/C15H12FN3O4S2/c16-11-1-3-12(4-2-11)25(21,22)8-6-13(20)17-15-19-18-14(23-15)10-5-7-24-9-10/h1-5,7,9H,6,8H2,(H,17,19,20). The van der Waals surface area contributed by atoms with E-state index in [1.54, 1.807) is 6.07 Å². The fourth-order valence-electron chi connectivity index (χ4n) is 1.95. The first-order chi connectivity index (χ1) is 11.9. The summed E-state index contributed by atoms with van der Waals surface area (Å²) in [5, 5.41) is 13.5. The fourth-order valence-corrected chi connectivity index (χ4v) is 3.82. The minimum atomic E-state index is -3.69. The second-order valence-corrected chi connectivity index (χ2v) is 7.88. The Morgan fingerprint density at radius 3 is 2.64 bits per heavy atom. The summed E-state index contributed by atoms with van der Waals surface area (Å²) in [6, 6.07) is 6.11. The van der Waals surface area contributed by atoms with Gasteiger partial charge in [-0.25, -0.2) is 12.8 Å². The first-order valence-corrected chi connectivity index (χ1v) is 9.68. The summed E-state index contributed by atoms with van der Waals surface area (Å²) in [6.45, 7) is 0. The van der Waals surface area contributed by atoms with E-state index in [0.717, 1.165) is 29.8 Å². The zero-order valence-corrected chi connectivity index (χ0v) is 14.3. The van der Waals surface area contributed by atoms with Gasteiger partial charge in [0, 0.05) is 17.4 Å². The number of halogens is 1. The van der Waals surface area contributed by atoms with E-state index in [0.29, 0.717) is 0 Å². The predicted octanol–water partition coefficient (Wildman–Crippen LogP) is 2.74. The van der Waals surface area contributed by atoms with Crippen molar-refractivity contribution in [3.05, 3.63) is 46.9 Å². The summed E-state index contributed by atoms with van der Waals surface area (Å²) in [7, 11) is -3.69. The maximum atomic E-state index is 12.9. The van der Waals surface area contributed by atoms with Gasteiger partial charge in [0.05, 0.1) is 10.6 Å². The summed E-state index contributed by atoms with van der Waals surface area (Å²) in [5.41, 5.74) is 0.733. The Morgan fingerprint density at radius 2 is 1.96 bits per heavy atom. The highest BCUT2D eigenvalue weighted by atomic mass is 32.2. The number of amides is 1. The number of nitrogens with one attached hydrogen (secondary N) is 1. The third kappa shape index (κ3) is 4.28. The van der Waals surface area contributed by atoms with Crippen LogP contribution in [0.4, 0.5) is 10.4 Å². The Balaban J connectivity index is 1.58. The normalized spacial score (nSPS) is 11.4. The van der Waals surface area contributed by atoms with Gasteiger partial charge in [-0.05, 0) is 35.7 Å². The van der Waals surface area contributed by atoms with Crippen LogP contribution in [0.25, 0.3) is 11.5 Å². The lowest BCUT2D eigenvalue weighted by Gasteiger charge is -2.04. The summed E-state index contributed by atoms with van der Waals surface area (Å²) < 4.78 is 42.4. The molecule has 0 spiro atoms. The third-order valence-electron chi connectivity index (χ3n) is 3.21. The van der Waals surface area contributed by atoms with Crippen LogP contribution in [-0.2, 0) is 14.6 Å². The number of rotatable bonds is 6. The van der Waals surface area contributed by atoms with Gasteiger partial charge in [0.25, 0.3) is 5.89 Å². The van der Waals surface area contributed by atoms with E-state index < -0.39 is 27.3 Å². The van der Waals surface area contributed by atoms with Gasteiger partial charge in [-0.2, -0.15) is 11.3 Å². The number of carbonyl (C=O) groups is 1. The molecular weight excluding hydrogens is 369 g/mol. The van der Waals surface area contributed by atoms with Gasteiger partial charge in [-0.1, -0.05) is 5.10 Å². The number of hydrogen-bond acceptors (Lipinski definition) is 7. The molecule has 1 aromatic carbocycles. The number of nitrogens with zero attached hydrogens (tertiary/aromatic N) is 2. The molecule has 2 heterocycles. The number of aromatic nitrogens is 2. The molecule has 0 atom stereocenters. The van der Waals surface area contributed by atoms with Crippen molar-refractivity contribution in [1.29, 1.82) is 0 Å². The first-order valence-electron chi connectivity index (χ1n) is 7.08. The van der Waals surface area contributed by atoms with Crippen LogP contribution < -0.4 is 5.32 Å². The molecule has 25 heavy (non-hydrogen) atoms. The monoisotopic (exact) mass is 381 g/mol. The summed E-state index contributed by atoms with van der Waals surface area (Å²) in [6.07, 6.45) is -0.296. The van der Waals surface area contributed by atoms with Crippen LogP contribution >= 0.6 is 11.3 Å². The van der Waals surface area contributed by atoms with Crippen molar-refractivity contribution >= 4 is 33.1 Å². The summed E-state index contributed by atoms with van der Waals surface area (Å²) in [5.74, 6) is -1.27. The van der Waals surface area contributed by atoms with Crippen molar-refractivity contribution < 1.29 is 22.0 Å². The molecule has 1 N–H and O–H groups in total. The van der Waals surface area contributed by atoms with Gasteiger partial charge >= 0.3 is 6.01 Å². The molecule has 0 saturated heterocycles. The lowest BCUT2D eigenvalue weighted by Crippen LogP contribution is -2.17. The molecule has 0 aliphatic heterocycles. The van der Waals surface area contributed by atoms with E-state index in [4.69, 9.17) is 4.42 Å². The number of carbonyl (C=O) groups excluding carboxylic acids is 1. The molecule has 0 radical (unpaired) electrons. The number of thiophene rings is 1. The zero-order chi connectivity index (χ0) is 17.9. The van der Waals surface area contributed by atoms with Crippen molar-refractivity contribution in [2.24, 2.45) is 0 Å². The van der Waals surface area contributed by atoms with Crippen LogP contribution in [0.1, 0.15) is 6.42 Å². The molecule has 130 valence electrons. The molecule has 0 aliphatic carbocycles. The molecule has 0 unspecified atom stereocenters. The number of benzene rings is 1. The average Bonchev–Trinajstić information content (AvgIpc) is 3.25. The lowest BCUT2D eigenvalue weighted by molar-refractivity contribution is -0.115. The molecule has 10 heteroatoms. The quantitative estimate of drug-likeness (QED) is 0.659. The van der Waals surface area contributed by atoms with Crippen LogP contribution in [0, 0.1) is 5.82 Å². The highest BCUT2D eigenvalue weighted by Gasteiger charge is 2.18. The molecule has 3 aromatic rings. The molecule has 0 saturated carbocycles.